The predicted octanol–water partition coefficient (Wildman–Crippen LogP) is 3.04. The highest BCUT2D eigenvalue weighted by atomic mass is 19.1. The van der Waals surface area contributed by atoms with Gasteiger partial charge in [-0.05, 0) is 29.8 Å². The molecule has 1 saturated heterocycles. The number of amides is 2. The zero-order valence-corrected chi connectivity index (χ0v) is 16.6. The molecule has 0 aromatic heterocycles. The monoisotopic (exact) mass is 395 g/mol. The Morgan fingerprint density at radius 2 is 1.66 bits per heavy atom. The lowest BCUT2D eigenvalue weighted by Gasteiger charge is -2.35. The van der Waals surface area contributed by atoms with Gasteiger partial charge in [-0.3, -0.25) is 14.5 Å². The van der Waals surface area contributed by atoms with Crippen molar-refractivity contribution in [1.82, 2.24) is 9.80 Å². The summed E-state index contributed by atoms with van der Waals surface area (Å²) in [5, 5.41) is 0. The molecule has 6 heteroatoms. The molecule has 0 saturated carbocycles. The van der Waals surface area contributed by atoms with Crippen LogP contribution in [-0.2, 0) is 9.59 Å². The maximum Gasteiger partial charge on any atom is 0.242 e. The molecule has 29 heavy (non-hydrogen) atoms. The molecule has 1 aliphatic rings. The van der Waals surface area contributed by atoms with Crippen molar-refractivity contribution < 1.29 is 14.0 Å². The van der Waals surface area contributed by atoms with Gasteiger partial charge in [0.25, 0.3) is 0 Å². The number of anilines is 1. The Hall–Kier alpha value is -2.99. The second-order valence-corrected chi connectivity index (χ2v) is 7.08. The predicted molar refractivity (Wildman–Crippen MR) is 113 cm³/mol. The molecule has 1 fully saturated rings. The SMILES string of the molecule is CC(=O)N(CC(=O)N1CCN(C/C=C/c2ccccc2)CC1)c1ccc(F)cc1. The van der Waals surface area contributed by atoms with Crippen LogP contribution in [0.4, 0.5) is 10.1 Å². The number of hydrogen-bond acceptors (Lipinski definition) is 3. The lowest BCUT2D eigenvalue weighted by molar-refractivity contribution is -0.132. The van der Waals surface area contributed by atoms with E-state index in [2.05, 4.69) is 29.2 Å². The molecule has 0 radical (unpaired) electrons. The van der Waals surface area contributed by atoms with Crippen LogP contribution in [0.3, 0.4) is 0 Å². The van der Waals surface area contributed by atoms with Crippen molar-refractivity contribution >= 4 is 23.6 Å². The van der Waals surface area contributed by atoms with Crippen LogP contribution in [0.5, 0.6) is 0 Å². The Balaban J connectivity index is 1.49. The van der Waals surface area contributed by atoms with Crippen molar-refractivity contribution in [2.45, 2.75) is 6.92 Å². The second kappa shape index (κ2) is 9.98. The summed E-state index contributed by atoms with van der Waals surface area (Å²) in [6.07, 6.45) is 4.24. The molecule has 2 aromatic carbocycles. The topological polar surface area (TPSA) is 43.9 Å². The van der Waals surface area contributed by atoms with E-state index in [1.165, 1.54) is 41.7 Å². The molecule has 3 rings (SSSR count). The molecule has 152 valence electrons. The van der Waals surface area contributed by atoms with Crippen molar-refractivity contribution in [2.24, 2.45) is 0 Å². The van der Waals surface area contributed by atoms with Gasteiger partial charge in [0.05, 0.1) is 0 Å². The number of nitrogens with zero attached hydrogens (tertiary/aromatic N) is 3. The van der Waals surface area contributed by atoms with E-state index in [0.717, 1.165) is 19.6 Å². The zero-order chi connectivity index (χ0) is 20.6. The summed E-state index contributed by atoms with van der Waals surface area (Å²) in [6, 6.07) is 15.8. The zero-order valence-electron chi connectivity index (χ0n) is 16.6. The first kappa shape index (κ1) is 20.7. The van der Waals surface area contributed by atoms with E-state index in [0.29, 0.717) is 18.8 Å². The Kier molecular flexibility index (Phi) is 7.14. The summed E-state index contributed by atoms with van der Waals surface area (Å²) < 4.78 is 13.1. The van der Waals surface area contributed by atoms with Gasteiger partial charge in [0.15, 0.2) is 0 Å². The Labute approximate surface area is 171 Å². The first-order chi connectivity index (χ1) is 14.0. The lowest BCUT2D eigenvalue weighted by atomic mass is 10.2. The smallest absolute Gasteiger partial charge is 0.242 e. The van der Waals surface area contributed by atoms with Crippen molar-refractivity contribution in [1.29, 1.82) is 0 Å². The van der Waals surface area contributed by atoms with Crippen LogP contribution >= 0.6 is 0 Å². The summed E-state index contributed by atoms with van der Waals surface area (Å²) in [5.41, 5.74) is 1.70. The van der Waals surface area contributed by atoms with E-state index in [4.69, 9.17) is 0 Å². The molecular formula is C23H26FN3O2. The van der Waals surface area contributed by atoms with Crippen molar-refractivity contribution in [3.63, 3.8) is 0 Å². The van der Waals surface area contributed by atoms with Gasteiger partial charge in [0.1, 0.15) is 12.4 Å². The van der Waals surface area contributed by atoms with Gasteiger partial charge < -0.3 is 9.80 Å². The molecule has 2 amide bonds. The molecule has 0 N–H and O–H groups in total. The van der Waals surface area contributed by atoms with Gasteiger partial charge in [0, 0.05) is 45.3 Å². The minimum Gasteiger partial charge on any atom is -0.339 e. The largest absolute Gasteiger partial charge is 0.339 e. The Morgan fingerprint density at radius 3 is 2.28 bits per heavy atom. The molecule has 1 aliphatic heterocycles. The third-order valence-corrected chi connectivity index (χ3v) is 5.01. The van der Waals surface area contributed by atoms with Crippen molar-refractivity contribution in [2.75, 3.05) is 44.2 Å². The fraction of sp³-hybridized carbons (Fsp3) is 0.304. The number of halogens is 1. The number of piperazine rings is 1. The summed E-state index contributed by atoms with van der Waals surface area (Å²) in [5.74, 6) is -0.709. The second-order valence-electron chi connectivity index (χ2n) is 7.08. The minimum absolute atomic E-state index is 0.0329. The highest BCUT2D eigenvalue weighted by Gasteiger charge is 2.24. The molecule has 0 atom stereocenters. The van der Waals surface area contributed by atoms with E-state index in [-0.39, 0.29) is 24.2 Å². The van der Waals surface area contributed by atoms with Gasteiger partial charge in [0.2, 0.25) is 11.8 Å². The highest BCUT2D eigenvalue weighted by Crippen LogP contribution is 2.16. The van der Waals surface area contributed by atoms with Crippen LogP contribution in [0.2, 0.25) is 0 Å². The van der Waals surface area contributed by atoms with Crippen LogP contribution in [-0.4, -0.2) is 60.9 Å². The average molecular weight is 395 g/mol. The van der Waals surface area contributed by atoms with Crippen molar-refractivity contribution in [3.05, 3.63) is 72.1 Å². The third-order valence-electron chi connectivity index (χ3n) is 5.01. The van der Waals surface area contributed by atoms with E-state index in [1.807, 2.05) is 18.2 Å². The average Bonchev–Trinajstić information content (AvgIpc) is 2.74. The number of rotatable bonds is 6. The quantitative estimate of drug-likeness (QED) is 0.755. The Morgan fingerprint density at radius 1 is 1.00 bits per heavy atom. The number of carbonyl (C=O) groups excluding carboxylic acids is 2. The number of carbonyl (C=O) groups is 2. The summed E-state index contributed by atoms with van der Waals surface area (Å²) in [4.78, 5) is 30.1. The first-order valence-corrected chi connectivity index (χ1v) is 9.78. The molecule has 0 spiro atoms. The van der Waals surface area contributed by atoms with Gasteiger partial charge in [-0.1, -0.05) is 42.5 Å². The van der Waals surface area contributed by atoms with Gasteiger partial charge in [-0.15, -0.1) is 0 Å². The van der Waals surface area contributed by atoms with Crippen molar-refractivity contribution in [3.8, 4) is 0 Å². The molecular weight excluding hydrogens is 369 g/mol. The highest BCUT2D eigenvalue weighted by molar-refractivity contribution is 5.97. The van der Waals surface area contributed by atoms with E-state index in [9.17, 15) is 14.0 Å². The van der Waals surface area contributed by atoms with E-state index in [1.54, 1.807) is 4.90 Å². The van der Waals surface area contributed by atoms with Crippen LogP contribution in [0, 0.1) is 5.82 Å². The summed E-state index contributed by atoms with van der Waals surface area (Å²) in [7, 11) is 0. The molecule has 2 aromatic rings. The molecule has 1 heterocycles. The molecule has 0 unspecified atom stereocenters. The van der Waals surface area contributed by atoms with Gasteiger partial charge in [-0.25, -0.2) is 4.39 Å². The number of benzene rings is 2. The standard InChI is InChI=1S/C23H26FN3O2/c1-19(28)27(22-11-9-21(24)10-12-22)18-23(29)26-16-14-25(15-17-26)13-5-8-20-6-3-2-4-7-20/h2-12H,13-18H2,1H3/b8-5+. The Bertz CT molecular complexity index is 844. The van der Waals surface area contributed by atoms with Crippen LogP contribution in [0.15, 0.2) is 60.7 Å². The van der Waals surface area contributed by atoms with Gasteiger partial charge in [-0.2, -0.15) is 0 Å². The maximum absolute atomic E-state index is 13.1. The van der Waals surface area contributed by atoms with E-state index < -0.39 is 0 Å². The molecule has 0 aliphatic carbocycles. The van der Waals surface area contributed by atoms with E-state index >= 15 is 0 Å². The van der Waals surface area contributed by atoms with Crippen LogP contribution in [0.25, 0.3) is 6.08 Å². The summed E-state index contributed by atoms with van der Waals surface area (Å²) in [6.45, 7) is 5.07. The summed E-state index contributed by atoms with van der Waals surface area (Å²) >= 11 is 0. The minimum atomic E-state index is -0.374. The van der Waals surface area contributed by atoms with Crippen LogP contribution in [0.1, 0.15) is 12.5 Å². The lowest BCUT2D eigenvalue weighted by Crippen LogP contribution is -2.51. The molecule has 0 bridgehead atoms. The fourth-order valence-corrected chi connectivity index (χ4v) is 3.32. The maximum atomic E-state index is 13.1. The molecule has 5 nitrogen and oxygen atoms in total. The third kappa shape index (κ3) is 5.99. The van der Waals surface area contributed by atoms with Gasteiger partial charge >= 0.3 is 0 Å². The number of hydrogen-bond donors (Lipinski definition) is 0. The van der Waals surface area contributed by atoms with Crippen LogP contribution < -0.4 is 4.90 Å². The fourth-order valence-electron chi connectivity index (χ4n) is 3.32. The normalized spacial score (nSPS) is 14.9. The first-order valence-electron chi connectivity index (χ1n) is 9.78.